The molecule has 1 saturated carbocycles. The minimum absolute atomic E-state index is 0.234. The maximum Gasteiger partial charge on any atom is 0.132 e. The molecule has 4 heteroatoms. The van der Waals surface area contributed by atoms with Gasteiger partial charge in [0, 0.05) is 16.8 Å². The van der Waals surface area contributed by atoms with Crippen molar-refractivity contribution < 1.29 is 0 Å². The zero-order valence-corrected chi connectivity index (χ0v) is 7.96. The van der Waals surface area contributed by atoms with Crippen molar-refractivity contribution in [2.45, 2.75) is 32.2 Å². The summed E-state index contributed by atoms with van der Waals surface area (Å²) in [5, 5.41) is 0. The maximum atomic E-state index is 6.06. The predicted octanol–water partition coefficient (Wildman–Crippen LogP) is 0.623. The van der Waals surface area contributed by atoms with Crippen LogP contribution in [0.15, 0.2) is 0 Å². The molecule has 0 atom stereocenters. The lowest BCUT2D eigenvalue weighted by Crippen LogP contribution is -2.23. The Kier molecular flexibility index (Phi) is 1.57. The Labute approximate surface area is 77.4 Å². The molecule has 1 aromatic rings. The number of nitrogens with two attached hydrogens (primary N) is 2. The fourth-order valence-corrected chi connectivity index (χ4v) is 1.74. The summed E-state index contributed by atoms with van der Waals surface area (Å²) in [5.74, 6) is 1.26. The molecule has 70 valence electrons. The van der Waals surface area contributed by atoms with Gasteiger partial charge in [0.25, 0.3) is 0 Å². The summed E-state index contributed by atoms with van der Waals surface area (Å²) < 4.78 is 0. The van der Waals surface area contributed by atoms with Gasteiger partial charge in [-0.25, -0.2) is 9.97 Å². The lowest BCUT2D eigenvalue weighted by Gasteiger charge is -2.14. The standard InChI is InChI=1S/C9H14N4/c1-5-7(9(11)3-4-9)8(10)13-6(2)12-5/h3-4,11H2,1-2H3,(H2,10,12,13). The maximum absolute atomic E-state index is 6.06. The topological polar surface area (TPSA) is 77.8 Å². The summed E-state index contributed by atoms with van der Waals surface area (Å²) in [6.07, 6.45) is 1.98. The van der Waals surface area contributed by atoms with Gasteiger partial charge in [-0.1, -0.05) is 0 Å². The van der Waals surface area contributed by atoms with Crippen LogP contribution in [0.2, 0.25) is 0 Å². The summed E-state index contributed by atoms with van der Waals surface area (Å²) in [7, 11) is 0. The number of hydrogen-bond acceptors (Lipinski definition) is 4. The SMILES string of the molecule is Cc1nc(C)c(C2(N)CC2)c(N)n1. The summed E-state index contributed by atoms with van der Waals surface area (Å²) in [4.78, 5) is 8.40. The molecule has 0 saturated heterocycles. The van der Waals surface area contributed by atoms with E-state index in [1.54, 1.807) is 0 Å². The smallest absolute Gasteiger partial charge is 0.132 e. The van der Waals surface area contributed by atoms with Crippen LogP contribution < -0.4 is 11.5 Å². The molecule has 4 N–H and O–H groups in total. The molecule has 1 heterocycles. The lowest BCUT2D eigenvalue weighted by atomic mass is 10.1. The van der Waals surface area contributed by atoms with Crippen LogP contribution in [0.5, 0.6) is 0 Å². The summed E-state index contributed by atoms with van der Waals surface area (Å²) in [5.41, 5.74) is 13.5. The van der Waals surface area contributed by atoms with Gasteiger partial charge in [0.2, 0.25) is 0 Å². The number of nitrogens with zero attached hydrogens (tertiary/aromatic N) is 2. The Morgan fingerprint density at radius 1 is 1.23 bits per heavy atom. The largest absolute Gasteiger partial charge is 0.383 e. The van der Waals surface area contributed by atoms with Gasteiger partial charge in [-0.3, -0.25) is 0 Å². The highest BCUT2D eigenvalue weighted by Crippen LogP contribution is 2.45. The van der Waals surface area contributed by atoms with Crippen molar-refractivity contribution in [2.75, 3.05) is 5.73 Å². The van der Waals surface area contributed by atoms with Gasteiger partial charge >= 0.3 is 0 Å². The van der Waals surface area contributed by atoms with Gasteiger partial charge in [-0.15, -0.1) is 0 Å². The molecule has 2 rings (SSSR count). The molecule has 1 fully saturated rings. The molecule has 0 bridgehead atoms. The van der Waals surface area contributed by atoms with Crippen LogP contribution in [0.25, 0.3) is 0 Å². The average Bonchev–Trinajstić information content (AvgIpc) is 2.65. The Morgan fingerprint density at radius 3 is 2.31 bits per heavy atom. The van der Waals surface area contributed by atoms with Crippen LogP contribution in [-0.2, 0) is 5.54 Å². The highest BCUT2D eigenvalue weighted by atomic mass is 15.0. The van der Waals surface area contributed by atoms with E-state index in [0.29, 0.717) is 11.6 Å². The molecule has 0 amide bonds. The third kappa shape index (κ3) is 1.27. The quantitative estimate of drug-likeness (QED) is 0.661. The second-order valence-electron chi connectivity index (χ2n) is 3.77. The second kappa shape index (κ2) is 2.42. The zero-order valence-electron chi connectivity index (χ0n) is 7.96. The third-order valence-corrected chi connectivity index (χ3v) is 2.52. The highest BCUT2D eigenvalue weighted by Gasteiger charge is 2.43. The Bertz CT molecular complexity index is 332. The van der Waals surface area contributed by atoms with Gasteiger partial charge in [0.15, 0.2) is 0 Å². The minimum Gasteiger partial charge on any atom is -0.383 e. The normalized spacial score (nSPS) is 18.7. The van der Waals surface area contributed by atoms with E-state index in [1.165, 1.54) is 0 Å². The van der Waals surface area contributed by atoms with Crippen molar-refractivity contribution in [1.29, 1.82) is 0 Å². The average molecular weight is 178 g/mol. The van der Waals surface area contributed by atoms with Gasteiger partial charge in [0.05, 0.1) is 0 Å². The molecule has 0 radical (unpaired) electrons. The number of rotatable bonds is 1. The van der Waals surface area contributed by atoms with Crippen molar-refractivity contribution in [1.82, 2.24) is 9.97 Å². The number of hydrogen-bond donors (Lipinski definition) is 2. The van der Waals surface area contributed by atoms with E-state index in [2.05, 4.69) is 9.97 Å². The van der Waals surface area contributed by atoms with E-state index in [0.717, 1.165) is 24.1 Å². The molecule has 4 nitrogen and oxygen atoms in total. The molecular weight excluding hydrogens is 164 g/mol. The van der Waals surface area contributed by atoms with Crippen LogP contribution in [0.4, 0.5) is 5.82 Å². The fraction of sp³-hybridized carbons (Fsp3) is 0.556. The number of aryl methyl sites for hydroxylation is 2. The van der Waals surface area contributed by atoms with Gasteiger partial charge in [0.1, 0.15) is 11.6 Å². The molecule has 0 aromatic carbocycles. The molecule has 1 aliphatic rings. The third-order valence-electron chi connectivity index (χ3n) is 2.52. The van der Waals surface area contributed by atoms with Gasteiger partial charge < -0.3 is 11.5 Å². The van der Waals surface area contributed by atoms with Gasteiger partial charge in [-0.2, -0.15) is 0 Å². The highest BCUT2D eigenvalue weighted by molar-refractivity contribution is 5.49. The number of anilines is 1. The Balaban J connectivity index is 2.57. The lowest BCUT2D eigenvalue weighted by molar-refractivity contribution is 0.719. The first-order chi connectivity index (χ1) is 6.03. The van der Waals surface area contributed by atoms with Crippen molar-refractivity contribution >= 4 is 5.82 Å². The van der Waals surface area contributed by atoms with Crippen molar-refractivity contribution in [3.05, 3.63) is 17.1 Å². The first kappa shape index (κ1) is 8.44. The zero-order chi connectivity index (χ0) is 9.64. The monoisotopic (exact) mass is 178 g/mol. The molecule has 1 aliphatic carbocycles. The molecule has 1 aromatic heterocycles. The molecule has 0 aliphatic heterocycles. The number of nitrogen functional groups attached to an aromatic ring is 1. The molecule has 13 heavy (non-hydrogen) atoms. The van der Waals surface area contributed by atoms with Crippen molar-refractivity contribution in [3.63, 3.8) is 0 Å². The second-order valence-corrected chi connectivity index (χ2v) is 3.77. The van der Waals surface area contributed by atoms with Crippen LogP contribution in [0, 0.1) is 13.8 Å². The van der Waals surface area contributed by atoms with Crippen molar-refractivity contribution in [2.24, 2.45) is 5.73 Å². The van der Waals surface area contributed by atoms with E-state index < -0.39 is 0 Å². The molecular formula is C9H14N4. The Morgan fingerprint density at radius 2 is 1.85 bits per heavy atom. The molecule has 0 unspecified atom stereocenters. The van der Waals surface area contributed by atoms with Gasteiger partial charge in [-0.05, 0) is 26.7 Å². The van der Waals surface area contributed by atoms with E-state index >= 15 is 0 Å². The minimum atomic E-state index is -0.234. The fourth-order valence-electron chi connectivity index (χ4n) is 1.74. The van der Waals surface area contributed by atoms with E-state index in [1.807, 2.05) is 13.8 Å². The number of aromatic nitrogens is 2. The van der Waals surface area contributed by atoms with E-state index in [4.69, 9.17) is 11.5 Å². The summed E-state index contributed by atoms with van der Waals surface area (Å²) >= 11 is 0. The first-order valence-corrected chi connectivity index (χ1v) is 4.43. The Hall–Kier alpha value is -1.16. The van der Waals surface area contributed by atoms with E-state index in [9.17, 15) is 0 Å². The van der Waals surface area contributed by atoms with E-state index in [-0.39, 0.29) is 5.54 Å². The molecule has 0 spiro atoms. The van der Waals surface area contributed by atoms with Crippen LogP contribution >= 0.6 is 0 Å². The first-order valence-electron chi connectivity index (χ1n) is 4.43. The van der Waals surface area contributed by atoms with Crippen molar-refractivity contribution in [3.8, 4) is 0 Å². The summed E-state index contributed by atoms with van der Waals surface area (Å²) in [6.45, 7) is 3.77. The predicted molar refractivity (Wildman–Crippen MR) is 51.0 cm³/mol. The van der Waals surface area contributed by atoms with Crippen LogP contribution in [0.1, 0.15) is 29.9 Å². The van der Waals surface area contributed by atoms with Crippen LogP contribution in [-0.4, -0.2) is 9.97 Å². The van der Waals surface area contributed by atoms with Crippen LogP contribution in [0.3, 0.4) is 0 Å². The summed E-state index contributed by atoms with van der Waals surface area (Å²) in [6, 6.07) is 0.